The van der Waals surface area contributed by atoms with Gasteiger partial charge in [0.25, 0.3) is 0 Å². The monoisotopic (exact) mass is 354 g/mol. The summed E-state index contributed by atoms with van der Waals surface area (Å²) in [6.07, 6.45) is 0. The Morgan fingerprint density at radius 2 is 1.85 bits per heavy atom. The average Bonchev–Trinajstić information content (AvgIpc) is 2.67. The van der Waals surface area contributed by atoms with E-state index in [1.54, 1.807) is 18.2 Å². The van der Waals surface area contributed by atoms with Crippen LogP contribution in [-0.4, -0.2) is 32.9 Å². The number of rotatable bonds is 7. The number of fused-ring (bicyclic) bond motifs is 1. The second-order valence-corrected chi connectivity index (χ2v) is 5.50. The summed E-state index contributed by atoms with van der Waals surface area (Å²) in [7, 11) is 1.52. The van der Waals surface area contributed by atoms with E-state index in [0.29, 0.717) is 29.1 Å². The van der Waals surface area contributed by atoms with Crippen LogP contribution in [-0.2, 0) is 14.3 Å². The summed E-state index contributed by atoms with van der Waals surface area (Å²) in [6.45, 7) is 0.247. The molecule has 0 aliphatic carbocycles. The van der Waals surface area contributed by atoms with E-state index in [0.717, 1.165) is 5.56 Å². The molecule has 6 heteroatoms. The van der Waals surface area contributed by atoms with E-state index in [4.69, 9.17) is 18.6 Å². The van der Waals surface area contributed by atoms with Crippen molar-refractivity contribution in [2.45, 2.75) is 0 Å². The third-order valence-electron chi connectivity index (χ3n) is 3.66. The van der Waals surface area contributed by atoms with Crippen LogP contribution in [0.2, 0.25) is 0 Å². The van der Waals surface area contributed by atoms with Gasteiger partial charge in [0.2, 0.25) is 0 Å². The molecular weight excluding hydrogens is 336 g/mol. The molecule has 6 nitrogen and oxygen atoms in total. The molecule has 26 heavy (non-hydrogen) atoms. The lowest BCUT2D eigenvalue weighted by atomic mass is 10.1. The van der Waals surface area contributed by atoms with E-state index < -0.39 is 5.97 Å². The Bertz CT molecular complexity index is 945. The summed E-state index contributed by atoms with van der Waals surface area (Å²) in [5, 5.41) is 0.384. The molecule has 0 saturated heterocycles. The van der Waals surface area contributed by atoms with Crippen molar-refractivity contribution in [2.24, 2.45) is 0 Å². The Balaban J connectivity index is 1.76. The van der Waals surface area contributed by atoms with Crippen molar-refractivity contribution in [3.05, 3.63) is 64.8 Å². The number of carbonyl (C=O) groups is 1. The number of esters is 1. The predicted molar refractivity (Wildman–Crippen MR) is 96.3 cm³/mol. The highest BCUT2D eigenvalue weighted by Gasteiger charge is 2.09. The average molecular weight is 354 g/mol. The fourth-order valence-electron chi connectivity index (χ4n) is 2.39. The van der Waals surface area contributed by atoms with Crippen molar-refractivity contribution in [1.82, 2.24) is 0 Å². The molecule has 1 aromatic heterocycles. The Morgan fingerprint density at radius 3 is 2.62 bits per heavy atom. The van der Waals surface area contributed by atoms with Gasteiger partial charge in [-0.1, -0.05) is 30.3 Å². The van der Waals surface area contributed by atoms with Gasteiger partial charge >= 0.3 is 5.97 Å². The third kappa shape index (κ3) is 4.29. The van der Waals surface area contributed by atoms with Crippen LogP contribution in [0.1, 0.15) is 0 Å². The molecule has 0 N–H and O–H groups in total. The third-order valence-corrected chi connectivity index (χ3v) is 3.66. The zero-order chi connectivity index (χ0) is 18.4. The highest BCUT2D eigenvalue weighted by atomic mass is 16.6. The Morgan fingerprint density at radius 1 is 1.04 bits per heavy atom. The summed E-state index contributed by atoms with van der Waals surface area (Å²) >= 11 is 0. The smallest absolute Gasteiger partial charge is 0.344 e. The molecule has 0 saturated carbocycles. The van der Waals surface area contributed by atoms with Crippen LogP contribution in [0.5, 0.6) is 5.75 Å². The molecule has 0 unspecified atom stereocenters. The fraction of sp³-hybridized carbons (Fsp3) is 0.200. The number of hydrogen-bond donors (Lipinski definition) is 0. The number of benzene rings is 2. The van der Waals surface area contributed by atoms with Gasteiger partial charge in [-0.3, -0.25) is 4.79 Å². The Labute approximate surface area is 149 Å². The molecule has 0 atom stereocenters. The van der Waals surface area contributed by atoms with Gasteiger partial charge in [0.15, 0.2) is 12.0 Å². The minimum absolute atomic E-state index is 0.169. The molecule has 3 rings (SSSR count). The summed E-state index contributed by atoms with van der Waals surface area (Å²) in [6, 6.07) is 15.7. The van der Waals surface area contributed by atoms with Gasteiger partial charge in [-0.2, -0.15) is 0 Å². The van der Waals surface area contributed by atoms with E-state index in [1.165, 1.54) is 13.2 Å². The molecule has 0 bridgehead atoms. The van der Waals surface area contributed by atoms with E-state index in [2.05, 4.69) is 0 Å². The van der Waals surface area contributed by atoms with E-state index >= 15 is 0 Å². The van der Waals surface area contributed by atoms with Gasteiger partial charge in [0, 0.05) is 18.7 Å². The zero-order valence-electron chi connectivity index (χ0n) is 14.3. The van der Waals surface area contributed by atoms with Crippen molar-refractivity contribution in [1.29, 1.82) is 0 Å². The molecule has 0 amide bonds. The lowest BCUT2D eigenvalue weighted by Crippen LogP contribution is -2.17. The van der Waals surface area contributed by atoms with Crippen molar-refractivity contribution >= 4 is 16.9 Å². The summed E-state index contributed by atoms with van der Waals surface area (Å²) < 4.78 is 20.9. The first-order chi connectivity index (χ1) is 12.7. The van der Waals surface area contributed by atoms with Crippen molar-refractivity contribution in [2.75, 3.05) is 26.9 Å². The van der Waals surface area contributed by atoms with Gasteiger partial charge in [0.1, 0.15) is 23.7 Å². The topological polar surface area (TPSA) is 75.0 Å². The molecule has 2 aromatic carbocycles. The SMILES string of the molecule is COCCOC(=O)COc1ccc2oc(-c3ccccc3)cc(=O)c2c1. The van der Waals surface area contributed by atoms with Crippen LogP contribution in [0, 0.1) is 0 Å². The lowest BCUT2D eigenvalue weighted by molar-refractivity contribution is -0.147. The number of hydrogen-bond acceptors (Lipinski definition) is 6. The first-order valence-electron chi connectivity index (χ1n) is 8.08. The van der Waals surface area contributed by atoms with E-state index in [-0.39, 0.29) is 18.6 Å². The molecule has 134 valence electrons. The first kappa shape index (κ1) is 17.7. The number of ether oxygens (including phenoxy) is 3. The second kappa shape index (κ2) is 8.31. The quantitative estimate of drug-likeness (QED) is 0.480. The maximum atomic E-state index is 12.4. The molecule has 0 aliphatic heterocycles. The minimum Gasteiger partial charge on any atom is -0.482 e. The zero-order valence-corrected chi connectivity index (χ0v) is 14.3. The predicted octanol–water partition coefficient (Wildman–Crippen LogP) is 3.03. The normalized spacial score (nSPS) is 10.7. The van der Waals surface area contributed by atoms with E-state index in [9.17, 15) is 9.59 Å². The summed E-state index contributed by atoms with van der Waals surface area (Å²) in [5.74, 6) is 0.382. The molecule has 0 aliphatic rings. The molecule has 3 aromatic rings. The largest absolute Gasteiger partial charge is 0.482 e. The van der Waals surface area contributed by atoms with Crippen molar-refractivity contribution in [3.8, 4) is 17.1 Å². The first-order valence-corrected chi connectivity index (χ1v) is 8.08. The summed E-state index contributed by atoms with van der Waals surface area (Å²) in [4.78, 5) is 24.0. The standard InChI is InChI=1S/C20H18O6/c1-23-9-10-24-20(22)13-25-15-7-8-18-16(11-15)17(21)12-19(26-18)14-5-3-2-4-6-14/h2-8,11-12H,9-10,13H2,1H3. The minimum atomic E-state index is -0.506. The fourth-order valence-corrected chi connectivity index (χ4v) is 2.39. The molecule has 0 fully saturated rings. The molecule has 1 heterocycles. The van der Waals surface area contributed by atoms with Gasteiger partial charge in [-0.05, 0) is 18.2 Å². The van der Waals surface area contributed by atoms with Crippen LogP contribution in [0.15, 0.2) is 63.8 Å². The maximum absolute atomic E-state index is 12.4. The number of carbonyl (C=O) groups excluding carboxylic acids is 1. The van der Waals surface area contributed by atoms with Crippen molar-refractivity contribution in [3.63, 3.8) is 0 Å². The van der Waals surface area contributed by atoms with Crippen LogP contribution < -0.4 is 10.2 Å². The van der Waals surface area contributed by atoms with Gasteiger partial charge in [0.05, 0.1) is 12.0 Å². The Hall–Kier alpha value is -3.12. The lowest BCUT2D eigenvalue weighted by Gasteiger charge is -2.08. The van der Waals surface area contributed by atoms with Crippen LogP contribution >= 0.6 is 0 Å². The maximum Gasteiger partial charge on any atom is 0.344 e. The van der Waals surface area contributed by atoms with Gasteiger partial charge in [-0.25, -0.2) is 4.79 Å². The molecule has 0 radical (unpaired) electrons. The second-order valence-electron chi connectivity index (χ2n) is 5.50. The molecule has 0 spiro atoms. The van der Waals surface area contributed by atoms with Crippen LogP contribution in [0.4, 0.5) is 0 Å². The van der Waals surface area contributed by atoms with Gasteiger partial charge < -0.3 is 18.6 Å². The van der Waals surface area contributed by atoms with E-state index in [1.807, 2.05) is 30.3 Å². The highest BCUT2D eigenvalue weighted by molar-refractivity contribution is 5.80. The highest BCUT2D eigenvalue weighted by Crippen LogP contribution is 2.24. The molecular formula is C20H18O6. The van der Waals surface area contributed by atoms with Crippen LogP contribution in [0.3, 0.4) is 0 Å². The number of methoxy groups -OCH3 is 1. The Kier molecular flexibility index (Phi) is 5.66. The van der Waals surface area contributed by atoms with Crippen molar-refractivity contribution < 1.29 is 23.4 Å². The van der Waals surface area contributed by atoms with Crippen LogP contribution in [0.25, 0.3) is 22.3 Å². The van der Waals surface area contributed by atoms with Gasteiger partial charge in [-0.15, -0.1) is 0 Å². The summed E-state index contributed by atoms with van der Waals surface area (Å²) in [5.41, 5.74) is 1.09.